The zero-order valence-electron chi connectivity index (χ0n) is 59.5. The number of hydrogen-bond donors (Lipinski definition) is 7. The van der Waals surface area contributed by atoms with Crippen molar-refractivity contribution in [3.63, 3.8) is 0 Å². The van der Waals surface area contributed by atoms with Crippen LogP contribution in [0, 0.1) is 85.7 Å². The van der Waals surface area contributed by atoms with Gasteiger partial charge in [-0.15, -0.1) is 0 Å². The van der Waals surface area contributed by atoms with Crippen LogP contribution in [0.15, 0.2) is 73.2 Å². The maximum Gasteiger partial charge on any atom is 0.294 e. The summed E-state index contributed by atoms with van der Waals surface area (Å²) >= 11 is 0. The van der Waals surface area contributed by atoms with Crippen LogP contribution >= 0.6 is 0 Å². The Morgan fingerprint density at radius 2 is 0.901 bits per heavy atom. The van der Waals surface area contributed by atoms with Crippen LogP contribution in [0.2, 0.25) is 0 Å². The van der Waals surface area contributed by atoms with Crippen molar-refractivity contribution in [2.45, 2.75) is 138 Å². The molecule has 24 nitrogen and oxygen atoms in total. The number of Topliss-reactive ketones (excluding diaryl/α,β-unsaturated/α-hetero) is 3. The van der Waals surface area contributed by atoms with Crippen LogP contribution in [0.4, 0.5) is 36.1 Å². The normalized spacial score (nSPS) is 16.7. The van der Waals surface area contributed by atoms with Gasteiger partial charge in [0.1, 0.15) is 23.3 Å². The van der Waals surface area contributed by atoms with E-state index in [0.717, 1.165) is 12.2 Å². The summed E-state index contributed by atoms with van der Waals surface area (Å²) in [6, 6.07) is 12.2. The first-order chi connectivity index (χ1) is 47.7. The van der Waals surface area contributed by atoms with Gasteiger partial charge >= 0.3 is 0 Å². The maximum atomic E-state index is 13.6. The van der Waals surface area contributed by atoms with Crippen LogP contribution in [0.3, 0.4) is 0 Å². The standard InChI is InChI=1S/C27H31FN6O3.C25H32FN3O4.C22H26FN3O5/c1-16-14-19(6-7-20(16)28)31-25(36)22-17(2)23(33(5)18(22)3)24(35)26(37)32-27(4)8-12-34(13-9-27)21-15-29-10-11-30-21;1-13-6-7-17(9-11-20(13)30)27-25(33)23(31)22-15(3)21(16(4)29(22)5)24(32)28-18-8-10-19(26)14(2)12-18;1-12-9-15(5-6-17(12)23)24-21(28)18-13(2)19(26(4)14(18)3)20(27)22(29)25-16-10-30-7-8-31-11-16/h6-7,10-11,14-15H,8-9,12-13H2,1-5H3,(H,31,36)(H,32,37);8,10,12-13,17,20,30H,6-7,9,11H2,1-5H3,(H,27,33)(H,28,32);5-6,9,16H,7-8,10-11H2,1-4H3,(H,24,28)(H,25,29)/t;13-,17?,20+;/m.1./s1. The summed E-state index contributed by atoms with van der Waals surface area (Å²) in [7, 11) is 4.92. The fourth-order valence-corrected chi connectivity index (χ4v) is 12.9. The first kappa shape index (κ1) is 76.6. The van der Waals surface area contributed by atoms with Crippen molar-refractivity contribution in [3.8, 4) is 0 Å². The number of carbonyl (C=O) groups excluding carboxylic acids is 9. The number of piperidine rings is 1. The number of nitrogens with one attached hydrogen (secondary N) is 6. The van der Waals surface area contributed by atoms with Gasteiger partial charge in [-0.2, -0.15) is 0 Å². The van der Waals surface area contributed by atoms with Gasteiger partial charge in [-0.25, -0.2) is 18.2 Å². The average molecular weight is 1400 g/mol. The molecule has 6 amide bonds. The Kier molecular flexibility index (Phi) is 25.0. The molecular formula is C74H89F3N12O12. The predicted molar refractivity (Wildman–Crippen MR) is 374 cm³/mol. The van der Waals surface area contributed by atoms with Gasteiger partial charge in [0, 0.05) is 92.4 Å². The number of ether oxygens (including phenoxy) is 2. The molecular weight excluding hydrogens is 1310 g/mol. The molecule has 1 unspecified atom stereocenters. The lowest BCUT2D eigenvalue weighted by atomic mass is 9.89. The van der Waals surface area contributed by atoms with Crippen molar-refractivity contribution in [3.05, 3.63) is 175 Å². The van der Waals surface area contributed by atoms with E-state index < -0.39 is 70.5 Å². The van der Waals surface area contributed by atoms with Crippen molar-refractivity contribution in [1.82, 2.24) is 39.6 Å². The molecule has 3 aliphatic rings. The lowest BCUT2D eigenvalue weighted by Gasteiger charge is -2.40. The Balaban J connectivity index is 0.000000193. The number of halogens is 3. The molecule has 101 heavy (non-hydrogen) atoms. The molecule has 2 saturated heterocycles. The van der Waals surface area contributed by atoms with Gasteiger partial charge in [0.15, 0.2) is 0 Å². The largest absolute Gasteiger partial charge is 0.393 e. The minimum Gasteiger partial charge on any atom is -0.393 e. The lowest BCUT2D eigenvalue weighted by molar-refractivity contribution is -0.119. The second kappa shape index (κ2) is 32.9. The third-order valence-corrected chi connectivity index (χ3v) is 19.3. The monoisotopic (exact) mass is 1390 g/mol. The summed E-state index contributed by atoms with van der Waals surface area (Å²) in [5, 5.41) is 26.7. The number of aliphatic hydroxyl groups excluding tert-OH is 1. The Hall–Kier alpha value is -10.1. The van der Waals surface area contributed by atoms with Crippen LogP contribution < -0.4 is 36.8 Å². The van der Waals surface area contributed by atoms with Crippen LogP contribution in [-0.2, 0) is 45.0 Å². The SMILES string of the molecule is Cc1cc(NC(=O)c2c(C)c(C(=O)C(=O)NC3(C)CCN(c4cnccn4)CC3)n(C)c2C)ccc1F.Cc1cc(NC(=O)c2c(C)c(C(=O)C(=O)NC3CC[C@@H](C)[C@@H](O)CC3)n(C)c2C)ccc1F.Cc1cc(NC(=O)c2c(C)c(C(=O)C(=O)NC3COCCOC3)n(C)c2C)ccc1F. The van der Waals surface area contributed by atoms with Gasteiger partial charge in [-0.05, 0) is 202 Å². The highest BCUT2D eigenvalue weighted by Crippen LogP contribution is 2.31. The molecule has 7 N–H and O–H groups in total. The van der Waals surface area contributed by atoms with E-state index >= 15 is 0 Å². The second-order valence-corrected chi connectivity index (χ2v) is 26.5. The zero-order chi connectivity index (χ0) is 74.1. The number of benzene rings is 3. The molecule has 0 spiro atoms. The molecule has 0 bridgehead atoms. The average Bonchev–Trinajstić information content (AvgIpc) is 1.42. The Morgan fingerprint density at radius 1 is 0.525 bits per heavy atom. The van der Waals surface area contributed by atoms with E-state index in [9.17, 15) is 61.4 Å². The number of amides is 6. The molecule has 1 saturated carbocycles. The van der Waals surface area contributed by atoms with E-state index in [2.05, 4.69) is 46.8 Å². The summed E-state index contributed by atoms with van der Waals surface area (Å²) in [5.74, 6) is -5.82. The topological polar surface area (TPSA) is 308 Å². The Bertz CT molecular complexity index is 4320. The molecule has 2 aliphatic heterocycles. The third-order valence-electron chi connectivity index (χ3n) is 19.3. The number of nitrogens with zero attached hydrogens (tertiary/aromatic N) is 6. The number of anilines is 4. The Labute approximate surface area is 584 Å². The van der Waals surface area contributed by atoms with Gasteiger partial charge in [0.2, 0.25) is 0 Å². The first-order valence-corrected chi connectivity index (χ1v) is 33.3. The fourth-order valence-electron chi connectivity index (χ4n) is 12.9. The summed E-state index contributed by atoms with van der Waals surface area (Å²) < 4.78 is 56.0. The molecule has 4 aromatic heterocycles. The summed E-state index contributed by atoms with van der Waals surface area (Å²) in [6.07, 6.45) is 8.51. The minimum atomic E-state index is -0.788. The van der Waals surface area contributed by atoms with Crippen LogP contribution in [0.25, 0.3) is 0 Å². The van der Waals surface area contributed by atoms with Crippen LogP contribution in [-0.4, -0.2) is 145 Å². The molecule has 538 valence electrons. The van der Waals surface area contributed by atoms with Crippen molar-refractivity contribution >= 4 is 75.7 Å². The van der Waals surface area contributed by atoms with Gasteiger partial charge in [-0.3, -0.25) is 48.1 Å². The molecule has 3 aromatic carbocycles. The second-order valence-electron chi connectivity index (χ2n) is 26.5. The summed E-state index contributed by atoms with van der Waals surface area (Å²) in [4.78, 5) is 127. The molecule has 0 radical (unpaired) electrons. The van der Waals surface area contributed by atoms with Gasteiger partial charge in [0.25, 0.3) is 52.8 Å². The molecule has 7 aromatic rings. The van der Waals surface area contributed by atoms with Crippen LogP contribution in [0.1, 0.15) is 165 Å². The number of ketones is 3. The quantitative estimate of drug-likeness (QED) is 0.0269. The van der Waals surface area contributed by atoms with E-state index in [1.165, 1.54) is 59.2 Å². The van der Waals surface area contributed by atoms with E-state index in [4.69, 9.17) is 9.47 Å². The van der Waals surface area contributed by atoms with Crippen molar-refractivity contribution in [2.24, 2.45) is 27.1 Å². The van der Waals surface area contributed by atoms with E-state index in [1.807, 2.05) is 13.8 Å². The molecule has 3 fully saturated rings. The zero-order valence-corrected chi connectivity index (χ0v) is 59.5. The molecule has 27 heteroatoms. The number of hydrogen-bond acceptors (Lipinski definition) is 15. The van der Waals surface area contributed by atoms with E-state index in [1.54, 1.807) is 111 Å². The highest BCUT2D eigenvalue weighted by Gasteiger charge is 2.37. The molecule has 3 atom stereocenters. The highest BCUT2D eigenvalue weighted by atomic mass is 19.1. The number of rotatable bonds is 16. The summed E-state index contributed by atoms with van der Waals surface area (Å²) in [5.41, 5.74) is 6.19. The molecule has 6 heterocycles. The van der Waals surface area contributed by atoms with Gasteiger partial charge < -0.3 is 65.1 Å². The smallest absolute Gasteiger partial charge is 0.294 e. The van der Waals surface area contributed by atoms with Crippen molar-refractivity contribution < 1.29 is 70.9 Å². The number of aryl methyl sites for hydroxylation is 3. The van der Waals surface area contributed by atoms with Crippen LogP contribution in [0.5, 0.6) is 0 Å². The number of aliphatic hydroxyl groups is 1. The van der Waals surface area contributed by atoms with E-state index in [0.29, 0.717) is 143 Å². The fraction of sp³-hybridized carbons (Fsp3) is 0.419. The first-order valence-electron chi connectivity index (χ1n) is 33.3. The number of aromatic nitrogens is 5. The minimum absolute atomic E-state index is 0.130. The van der Waals surface area contributed by atoms with E-state index in [-0.39, 0.29) is 59.7 Å². The maximum absolute atomic E-state index is 13.6. The molecule has 1 aliphatic carbocycles. The van der Waals surface area contributed by atoms with Gasteiger partial charge in [0.05, 0.1) is 78.5 Å². The number of carbonyl (C=O) groups is 9. The molecule has 10 rings (SSSR count). The predicted octanol–water partition coefficient (Wildman–Crippen LogP) is 9.13. The summed E-state index contributed by atoms with van der Waals surface area (Å²) in [6.45, 7) is 21.5. The highest BCUT2D eigenvalue weighted by molar-refractivity contribution is 6.44. The van der Waals surface area contributed by atoms with Gasteiger partial charge in [-0.1, -0.05) is 6.92 Å². The van der Waals surface area contributed by atoms with Crippen molar-refractivity contribution in [1.29, 1.82) is 0 Å². The third kappa shape index (κ3) is 17.9. The lowest BCUT2D eigenvalue weighted by Crippen LogP contribution is -2.55. The van der Waals surface area contributed by atoms with Crippen molar-refractivity contribution in [2.75, 3.05) is 60.4 Å². The Morgan fingerprint density at radius 3 is 1.28 bits per heavy atom.